The van der Waals surface area contributed by atoms with Crippen LogP contribution in [0, 0.1) is 6.92 Å². The first-order chi connectivity index (χ1) is 19.7. The van der Waals surface area contributed by atoms with E-state index in [1.165, 1.54) is 15.6 Å². The number of fused-ring (bicyclic) bond motifs is 1. The molecule has 216 valence electrons. The lowest BCUT2D eigenvalue weighted by atomic mass is 10.0. The molecule has 3 heterocycles. The summed E-state index contributed by atoms with van der Waals surface area (Å²) >= 11 is 1.40. The fraction of sp³-hybridized carbons (Fsp3) is 0.367. The molecule has 0 radical (unpaired) electrons. The van der Waals surface area contributed by atoms with Gasteiger partial charge in [-0.2, -0.15) is 4.31 Å². The summed E-state index contributed by atoms with van der Waals surface area (Å²) in [6.07, 6.45) is 4.39. The van der Waals surface area contributed by atoms with Gasteiger partial charge in [-0.3, -0.25) is 14.4 Å². The third kappa shape index (κ3) is 6.52. The Hall–Kier alpha value is -3.54. The van der Waals surface area contributed by atoms with Gasteiger partial charge < -0.3 is 15.5 Å². The zero-order valence-electron chi connectivity index (χ0n) is 23.0. The molecular formula is C30H34N4O5S2. The van der Waals surface area contributed by atoms with Crippen molar-refractivity contribution in [2.45, 2.75) is 56.4 Å². The number of hydrogen-bond acceptors (Lipinski definition) is 6. The van der Waals surface area contributed by atoms with Crippen molar-refractivity contribution < 1.29 is 22.8 Å². The van der Waals surface area contributed by atoms with Gasteiger partial charge in [-0.05, 0) is 86.4 Å². The number of sulfonamides is 1. The predicted molar refractivity (Wildman–Crippen MR) is 160 cm³/mol. The average molecular weight is 595 g/mol. The fourth-order valence-electron chi connectivity index (χ4n) is 5.46. The summed E-state index contributed by atoms with van der Waals surface area (Å²) in [6, 6.07) is 15.5. The summed E-state index contributed by atoms with van der Waals surface area (Å²) in [7, 11) is -3.65. The average Bonchev–Trinajstić information content (AvgIpc) is 3.52. The van der Waals surface area contributed by atoms with Crippen molar-refractivity contribution in [2.75, 3.05) is 29.9 Å². The molecule has 1 unspecified atom stereocenters. The maximum Gasteiger partial charge on any atom is 0.313 e. The molecule has 5 rings (SSSR count). The van der Waals surface area contributed by atoms with E-state index in [2.05, 4.69) is 10.6 Å². The van der Waals surface area contributed by atoms with Gasteiger partial charge in [-0.1, -0.05) is 30.2 Å². The molecule has 0 spiro atoms. The molecule has 1 saturated heterocycles. The first-order valence-electron chi connectivity index (χ1n) is 13.9. The van der Waals surface area contributed by atoms with Gasteiger partial charge in [0.1, 0.15) is 0 Å². The maximum absolute atomic E-state index is 13.3. The van der Waals surface area contributed by atoms with Gasteiger partial charge in [-0.15, -0.1) is 11.3 Å². The molecule has 0 aliphatic carbocycles. The van der Waals surface area contributed by atoms with Crippen LogP contribution in [0.15, 0.2) is 64.9 Å². The van der Waals surface area contributed by atoms with E-state index in [1.807, 2.05) is 30.5 Å². The third-order valence-corrected chi connectivity index (χ3v) is 10.4. The van der Waals surface area contributed by atoms with Crippen LogP contribution in [0.4, 0.5) is 11.4 Å². The maximum atomic E-state index is 13.3. The lowest BCUT2D eigenvalue weighted by molar-refractivity contribution is -0.136. The molecule has 2 N–H and O–H groups in total. The third-order valence-electron chi connectivity index (χ3n) is 7.60. The van der Waals surface area contributed by atoms with Crippen LogP contribution in [0.25, 0.3) is 0 Å². The van der Waals surface area contributed by atoms with Crippen molar-refractivity contribution in [1.82, 2.24) is 9.62 Å². The summed E-state index contributed by atoms with van der Waals surface area (Å²) < 4.78 is 28.1. The van der Waals surface area contributed by atoms with Crippen molar-refractivity contribution in [3.8, 4) is 0 Å². The van der Waals surface area contributed by atoms with Gasteiger partial charge in [-0.25, -0.2) is 8.42 Å². The highest BCUT2D eigenvalue weighted by molar-refractivity contribution is 7.89. The van der Waals surface area contributed by atoms with Crippen LogP contribution < -0.4 is 15.5 Å². The molecule has 3 amide bonds. The summed E-state index contributed by atoms with van der Waals surface area (Å²) in [5, 5.41) is 7.17. The molecule has 9 nitrogen and oxygen atoms in total. The second-order valence-electron chi connectivity index (χ2n) is 10.5. The van der Waals surface area contributed by atoms with Gasteiger partial charge >= 0.3 is 11.8 Å². The highest BCUT2D eigenvalue weighted by Crippen LogP contribution is 2.32. The molecule has 2 aliphatic rings. The number of piperidine rings is 1. The second-order valence-corrected chi connectivity index (χ2v) is 13.3. The number of carbonyl (C=O) groups excluding carboxylic acids is 3. The highest BCUT2D eigenvalue weighted by Gasteiger charge is 2.33. The predicted octanol–water partition coefficient (Wildman–Crippen LogP) is 4.34. The van der Waals surface area contributed by atoms with Crippen molar-refractivity contribution in [2.24, 2.45) is 0 Å². The van der Waals surface area contributed by atoms with E-state index in [0.717, 1.165) is 42.5 Å². The minimum absolute atomic E-state index is 0.0414. The molecule has 11 heteroatoms. The van der Waals surface area contributed by atoms with Crippen LogP contribution in [0.1, 0.15) is 52.9 Å². The molecule has 0 saturated carbocycles. The molecule has 41 heavy (non-hydrogen) atoms. The minimum Gasteiger partial charge on any atom is -0.348 e. The molecule has 0 bridgehead atoms. The Morgan fingerprint density at radius 1 is 0.976 bits per heavy atom. The fourth-order valence-corrected chi connectivity index (χ4v) is 7.86. The molecular weight excluding hydrogens is 560 g/mol. The quantitative estimate of drug-likeness (QED) is 0.395. The highest BCUT2D eigenvalue weighted by atomic mass is 32.2. The second kappa shape index (κ2) is 12.5. The van der Waals surface area contributed by atoms with E-state index in [9.17, 15) is 22.8 Å². The number of benzene rings is 2. The van der Waals surface area contributed by atoms with Gasteiger partial charge in [0.15, 0.2) is 0 Å². The van der Waals surface area contributed by atoms with Crippen molar-refractivity contribution in [1.29, 1.82) is 0 Å². The number of aryl methyl sites for hydroxylation is 2. The van der Waals surface area contributed by atoms with E-state index >= 15 is 0 Å². The topological polar surface area (TPSA) is 116 Å². The molecule has 2 aliphatic heterocycles. The lowest BCUT2D eigenvalue weighted by Gasteiger charge is -2.34. The molecule has 2 aromatic carbocycles. The van der Waals surface area contributed by atoms with Crippen LogP contribution in [-0.4, -0.2) is 56.1 Å². The van der Waals surface area contributed by atoms with Crippen molar-refractivity contribution in [3.63, 3.8) is 0 Å². The normalized spacial score (nSPS) is 17.5. The van der Waals surface area contributed by atoms with Gasteiger partial charge in [0, 0.05) is 37.1 Å². The minimum atomic E-state index is -3.65. The number of hydrogen-bond donors (Lipinski definition) is 2. The largest absolute Gasteiger partial charge is 0.348 e. The van der Waals surface area contributed by atoms with Crippen molar-refractivity contribution >= 4 is 50.5 Å². The van der Waals surface area contributed by atoms with Crippen LogP contribution in [0.5, 0.6) is 0 Å². The summed E-state index contributed by atoms with van der Waals surface area (Å²) in [4.78, 5) is 40.8. The molecule has 1 atom stereocenters. The Morgan fingerprint density at radius 2 is 1.78 bits per heavy atom. The van der Waals surface area contributed by atoms with Gasteiger partial charge in [0.25, 0.3) is 5.91 Å². The first-order valence-corrected chi connectivity index (χ1v) is 16.2. The standard InChI is InChI=1S/C30H34N4O5S2/c1-21-9-12-25(13-10-21)41(38,39)34-18-3-2-7-24(34)15-16-31-28(35)29(36)32-23-11-14-26-22(20-23)6-4-17-33(26)30(37)27-8-5-19-40-27/h5,8-14,19-20,24H,2-4,6-7,15-18H2,1H3,(H,31,35)(H,32,36). The zero-order valence-corrected chi connectivity index (χ0v) is 24.6. The molecule has 1 aromatic heterocycles. The number of carbonyl (C=O) groups is 3. The summed E-state index contributed by atoms with van der Waals surface area (Å²) in [6.45, 7) is 3.15. The molecule has 1 fully saturated rings. The van der Waals surface area contributed by atoms with Crippen LogP contribution >= 0.6 is 11.3 Å². The van der Waals surface area contributed by atoms with E-state index in [4.69, 9.17) is 0 Å². The van der Waals surface area contributed by atoms with Gasteiger partial charge in [0.2, 0.25) is 10.0 Å². The van der Waals surface area contributed by atoms with E-state index < -0.39 is 21.8 Å². The number of nitrogens with zero attached hydrogens (tertiary/aromatic N) is 2. The monoisotopic (exact) mass is 594 g/mol. The lowest BCUT2D eigenvalue weighted by Crippen LogP contribution is -2.45. The van der Waals surface area contributed by atoms with E-state index in [1.54, 1.807) is 41.3 Å². The number of thiophene rings is 1. The SMILES string of the molecule is Cc1ccc(S(=O)(=O)N2CCCCC2CCNC(=O)C(=O)Nc2ccc3c(c2)CCCN3C(=O)c2cccs2)cc1. The Kier molecular flexibility index (Phi) is 8.86. The number of amides is 3. The van der Waals surface area contributed by atoms with E-state index in [-0.39, 0.29) is 23.4 Å². The zero-order chi connectivity index (χ0) is 29.0. The van der Waals surface area contributed by atoms with E-state index in [0.29, 0.717) is 36.5 Å². The number of nitrogens with one attached hydrogen (secondary N) is 2. The summed E-state index contributed by atoms with van der Waals surface area (Å²) in [5.41, 5.74) is 3.22. The van der Waals surface area contributed by atoms with Crippen molar-refractivity contribution in [3.05, 3.63) is 76.0 Å². The first kappa shape index (κ1) is 29.0. The Balaban J connectivity index is 1.16. The smallest absolute Gasteiger partial charge is 0.313 e. The van der Waals surface area contributed by atoms with Crippen LogP contribution in [-0.2, 0) is 26.0 Å². The van der Waals surface area contributed by atoms with Gasteiger partial charge in [0.05, 0.1) is 9.77 Å². The number of rotatable bonds is 7. The molecule has 3 aromatic rings. The summed E-state index contributed by atoms with van der Waals surface area (Å²) in [5.74, 6) is -1.61. The Bertz CT molecular complexity index is 1520. The Morgan fingerprint density at radius 3 is 2.54 bits per heavy atom. The number of anilines is 2. The Labute approximate surface area is 244 Å². The van der Waals surface area contributed by atoms with Crippen LogP contribution in [0.3, 0.4) is 0 Å². The van der Waals surface area contributed by atoms with Crippen LogP contribution in [0.2, 0.25) is 0 Å².